The van der Waals surface area contributed by atoms with Crippen LogP contribution in [0.1, 0.15) is 36.3 Å². The minimum absolute atomic E-state index is 0.143. The van der Waals surface area contributed by atoms with Gasteiger partial charge in [-0.15, -0.1) is 0 Å². The Morgan fingerprint density at radius 3 is 2.80 bits per heavy atom. The first-order valence-electron chi connectivity index (χ1n) is 9.12. The first kappa shape index (κ1) is 16.3. The van der Waals surface area contributed by atoms with Gasteiger partial charge in [-0.25, -0.2) is 4.39 Å². The summed E-state index contributed by atoms with van der Waals surface area (Å²) in [5.41, 5.74) is 2.24. The number of hydrogen-bond donors (Lipinski definition) is 0. The molecule has 2 heterocycles. The Kier molecular flexibility index (Phi) is 4.32. The van der Waals surface area contributed by atoms with Gasteiger partial charge in [0, 0.05) is 32.3 Å². The molecule has 2 atom stereocenters. The van der Waals surface area contributed by atoms with Crippen LogP contribution in [0.15, 0.2) is 36.7 Å². The van der Waals surface area contributed by atoms with Gasteiger partial charge in [-0.3, -0.25) is 9.48 Å². The van der Waals surface area contributed by atoms with Crippen molar-refractivity contribution in [1.82, 2.24) is 14.7 Å². The second-order valence-electron chi connectivity index (χ2n) is 7.50. The Bertz CT molecular complexity index is 764. The molecule has 1 aliphatic heterocycles. The zero-order valence-corrected chi connectivity index (χ0v) is 14.6. The number of piperidine rings is 1. The molecular formula is C20H24FN3O. The van der Waals surface area contributed by atoms with Crippen LogP contribution in [-0.4, -0.2) is 33.7 Å². The van der Waals surface area contributed by atoms with E-state index in [0.29, 0.717) is 17.7 Å². The van der Waals surface area contributed by atoms with E-state index in [1.54, 1.807) is 16.8 Å². The van der Waals surface area contributed by atoms with Crippen molar-refractivity contribution in [3.63, 3.8) is 0 Å². The molecular weight excluding hydrogens is 317 g/mol. The molecule has 5 heteroatoms. The number of hydrogen-bond acceptors (Lipinski definition) is 2. The third-order valence-corrected chi connectivity index (χ3v) is 5.60. The van der Waals surface area contributed by atoms with Crippen molar-refractivity contribution in [3.8, 4) is 0 Å². The number of carbonyl (C=O) groups is 1. The number of benzene rings is 1. The minimum Gasteiger partial charge on any atom is -0.342 e. The molecule has 2 fully saturated rings. The zero-order chi connectivity index (χ0) is 17.4. The third kappa shape index (κ3) is 3.60. The number of nitrogens with zero attached hydrogens (tertiary/aromatic N) is 3. The molecule has 1 saturated carbocycles. The Morgan fingerprint density at radius 2 is 2.12 bits per heavy atom. The van der Waals surface area contributed by atoms with Crippen LogP contribution in [0.4, 0.5) is 4.39 Å². The number of halogens is 1. The van der Waals surface area contributed by atoms with Gasteiger partial charge in [-0.1, -0.05) is 12.1 Å². The molecule has 0 bridgehead atoms. The van der Waals surface area contributed by atoms with E-state index in [1.165, 1.54) is 11.6 Å². The monoisotopic (exact) mass is 341 g/mol. The van der Waals surface area contributed by atoms with Gasteiger partial charge in [0.2, 0.25) is 5.91 Å². The quantitative estimate of drug-likeness (QED) is 0.857. The molecule has 2 aliphatic rings. The highest BCUT2D eigenvalue weighted by Gasteiger charge is 2.46. The Labute approximate surface area is 147 Å². The summed E-state index contributed by atoms with van der Waals surface area (Å²) < 4.78 is 15.1. The molecule has 2 aromatic rings. The predicted octanol–water partition coefficient (Wildman–Crippen LogP) is 3.14. The van der Waals surface area contributed by atoms with Gasteiger partial charge in [0.15, 0.2) is 0 Å². The standard InChI is InChI=1S/C20H24FN3O/c1-23-13-16(12-22-23)18-11-19(18)20(25)24-7-5-14(6-8-24)9-15-3-2-4-17(21)10-15/h2-4,10,12-14,18-19H,5-9,11H2,1H3/t18-,19-/m1/s1. The number of aryl methyl sites for hydroxylation is 1. The van der Waals surface area contributed by atoms with Gasteiger partial charge in [-0.2, -0.15) is 5.10 Å². The van der Waals surface area contributed by atoms with Crippen LogP contribution in [0, 0.1) is 17.7 Å². The van der Waals surface area contributed by atoms with E-state index in [-0.39, 0.29) is 11.7 Å². The molecule has 1 amide bonds. The van der Waals surface area contributed by atoms with Gasteiger partial charge in [-0.05, 0) is 60.8 Å². The molecule has 0 N–H and O–H groups in total. The summed E-state index contributed by atoms with van der Waals surface area (Å²) >= 11 is 0. The van der Waals surface area contributed by atoms with Crippen LogP contribution in [0.2, 0.25) is 0 Å². The molecule has 1 aromatic carbocycles. The second-order valence-corrected chi connectivity index (χ2v) is 7.50. The summed E-state index contributed by atoms with van der Waals surface area (Å²) in [4.78, 5) is 14.7. The predicted molar refractivity (Wildman–Crippen MR) is 93.5 cm³/mol. The van der Waals surface area contributed by atoms with Gasteiger partial charge in [0.1, 0.15) is 5.82 Å². The normalized spacial score (nSPS) is 23.7. The van der Waals surface area contributed by atoms with Crippen molar-refractivity contribution in [1.29, 1.82) is 0 Å². The van der Waals surface area contributed by atoms with Crippen LogP contribution in [0.25, 0.3) is 0 Å². The number of aromatic nitrogens is 2. The van der Waals surface area contributed by atoms with Crippen molar-refractivity contribution >= 4 is 5.91 Å². The molecule has 0 radical (unpaired) electrons. The fourth-order valence-electron chi connectivity index (χ4n) is 4.06. The first-order chi connectivity index (χ1) is 12.1. The summed E-state index contributed by atoms with van der Waals surface area (Å²) in [5, 5.41) is 4.21. The molecule has 25 heavy (non-hydrogen) atoms. The minimum atomic E-state index is -0.166. The Morgan fingerprint density at radius 1 is 1.32 bits per heavy atom. The fraction of sp³-hybridized carbons (Fsp3) is 0.500. The van der Waals surface area contributed by atoms with Crippen molar-refractivity contribution in [2.24, 2.45) is 18.9 Å². The lowest BCUT2D eigenvalue weighted by Gasteiger charge is -2.32. The average Bonchev–Trinajstić information content (AvgIpc) is 3.29. The molecule has 4 nitrogen and oxygen atoms in total. The SMILES string of the molecule is Cn1cc([C@H]2C[C@H]2C(=O)N2CCC(Cc3cccc(F)c3)CC2)cn1. The van der Waals surface area contributed by atoms with E-state index in [0.717, 1.165) is 44.3 Å². The Hall–Kier alpha value is -2.17. The summed E-state index contributed by atoms with van der Waals surface area (Å²) in [6.07, 6.45) is 7.76. The highest BCUT2D eigenvalue weighted by atomic mass is 19.1. The van der Waals surface area contributed by atoms with Crippen LogP contribution < -0.4 is 0 Å². The Balaban J connectivity index is 1.28. The first-order valence-corrected chi connectivity index (χ1v) is 9.12. The van der Waals surface area contributed by atoms with Gasteiger partial charge >= 0.3 is 0 Å². The maximum atomic E-state index is 13.3. The van der Waals surface area contributed by atoms with E-state index in [9.17, 15) is 9.18 Å². The van der Waals surface area contributed by atoms with Crippen LogP contribution >= 0.6 is 0 Å². The average molecular weight is 341 g/mol. The maximum absolute atomic E-state index is 13.3. The lowest BCUT2D eigenvalue weighted by molar-refractivity contribution is -0.134. The molecule has 1 aromatic heterocycles. The lowest BCUT2D eigenvalue weighted by Crippen LogP contribution is -2.40. The molecule has 132 valence electrons. The summed E-state index contributed by atoms with van der Waals surface area (Å²) in [6, 6.07) is 6.87. The largest absolute Gasteiger partial charge is 0.342 e. The van der Waals surface area contributed by atoms with Gasteiger partial charge < -0.3 is 4.90 Å². The van der Waals surface area contributed by atoms with E-state index in [1.807, 2.05) is 30.4 Å². The molecule has 1 saturated heterocycles. The zero-order valence-electron chi connectivity index (χ0n) is 14.6. The van der Waals surface area contributed by atoms with E-state index < -0.39 is 0 Å². The van der Waals surface area contributed by atoms with Crippen molar-refractivity contribution in [2.75, 3.05) is 13.1 Å². The van der Waals surface area contributed by atoms with Crippen LogP contribution in [0.3, 0.4) is 0 Å². The number of rotatable bonds is 4. The third-order valence-electron chi connectivity index (χ3n) is 5.60. The molecule has 0 spiro atoms. The van der Waals surface area contributed by atoms with Crippen LogP contribution in [-0.2, 0) is 18.3 Å². The van der Waals surface area contributed by atoms with E-state index in [4.69, 9.17) is 0 Å². The van der Waals surface area contributed by atoms with Gasteiger partial charge in [0.25, 0.3) is 0 Å². The molecule has 4 rings (SSSR count). The summed E-state index contributed by atoms with van der Waals surface area (Å²) in [5.74, 6) is 1.17. The highest BCUT2D eigenvalue weighted by Crippen LogP contribution is 2.48. The number of likely N-dealkylation sites (tertiary alicyclic amines) is 1. The van der Waals surface area contributed by atoms with Gasteiger partial charge in [0.05, 0.1) is 6.20 Å². The fourth-order valence-corrected chi connectivity index (χ4v) is 4.06. The highest BCUT2D eigenvalue weighted by molar-refractivity contribution is 5.83. The van der Waals surface area contributed by atoms with E-state index in [2.05, 4.69) is 5.10 Å². The van der Waals surface area contributed by atoms with Crippen molar-refractivity contribution < 1.29 is 9.18 Å². The summed E-state index contributed by atoms with van der Waals surface area (Å²) in [7, 11) is 1.91. The second kappa shape index (κ2) is 6.62. The smallest absolute Gasteiger partial charge is 0.226 e. The van der Waals surface area contributed by atoms with E-state index >= 15 is 0 Å². The topological polar surface area (TPSA) is 38.1 Å². The molecule has 0 unspecified atom stereocenters. The van der Waals surface area contributed by atoms with Crippen molar-refractivity contribution in [3.05, 3.63) is 53.6 Å². The van der Waals surface area contributed by atoms with Crippen LogP contribution in [0.5, 0.6) is 0 Å². The lowest BCUT2D eigenvalue weighted by atomic mass is 9.90. The van der Waals surface area contributed by atoms with Crippen molar-refractivity contribution in [2.45, 2.75) is 31.6 Å². The summed E-state index contributed by atoms with van der Waals surface area (Å²) in [6.45, 7) is 1.66. The maximum Gasteiger partial charge on any atom is 0.226 e. The number of carbonyl (C=O) groups excluding carboxylic acids is 1. The number of amides is 1. The molecule has 1 aliphatic carbocycles.